The van der Waals surface area contributed by atoms with E-state index >= 15 is 0 Å². The fourth-order valence-electron chi connectivity index (χ4n) is 2.65. The zero-order chi connectivity index (χ0) is 14.4. The van der Waals surface area contributed by atoms with Gasteiger partial charge in [-0.1, -0.05) is 31.4 Å². The van der Waals surface area contributed by atoms with Gasteiger partial charge < -0.3 is 9.64 Å². The van der Waals surface area contributed by atoms with Crippen LogP contribution >= 0.6 is 0 Å². The van der Waals surface area contributed by atoms with Gasteiger partial charge in [-0.15, -0.1) is 0 Å². The predicted molar refractivity (Wildman–Crippen MR) is 81.7 cm³/mol. The molecule has 0 N–H and O–H groups in total. The summed E-state index contributed by atoms with van der Waals surface area (Å²) < 4.78 is 5.11. The van der Waals surface area contributed by atoms with Crippen molar-refractivity contribution in [2.45, 2.75) is 38.1 Å². The molecular weight excluding hydrogens is 250 g/mol. The molecule has 1 aromatic rings. The molecule has 1 amide bonds. The second-order valence-corrected chi connectivity index (χ2v) is 5.35. The van der Waals surface area contributed by atoms with Crippen molar-refractivity contribution in [3.8, 4) is 5.75 Å². The third-order valence-corrected chi connectivity index (χ3v) is 4.00. The van der Waals surface area contributed by atoms with E-state index in [-0.39, 0.29) is 5.91 Å². The Kier molecular flexibility index (Phi) is 5.22. The Hall–Kier alpha value is -1.77. The second-order valence-electron chi connectivity index (χ2n) is 5.35. The van der Waals surface area contributed by atoms with Gasteiger partial charge in [0.25, 0.3) is 0 Å². The molecule has 3 heteroatoms. The average Bonchev–Trinajstić information content (AvgIpc) is 2.53. The van der Waals surface area contributed by atoms with E-state index in [1.165, 1.54) is 19.3 Å². The SMILES string of the molecule is COc1ccc(/C=C/C(=O)N(C)C2CCCCC2)cc1. The topological polar surface area (TPSA) is 29.5 Å². The average molecular weight is 273 g/mol. The van der Waals surface area contributed by atoms with Crippen LogP contribution in [0.5, 0.6) is 5.75 Å². The maximum absolute atomic E-state index is 12.2. The van der Waals surface area contributed by atoms with Crippen LogP contribution in [0.25, 0.3) is 6.08 Å². The van der Waals surface area contributed by atoms with Gasteiger partial charge in [0.15, 0.2) is 0 Å². The van der Waals surface area contributed by atoms with E-state index in [4.69, 9.17) is 4.74 Å². The second kappa shape index (κ2) is 7.13. The molecule has 0 atom stereocenters. The molecule has 2 rings (SSSR count). The van der Waals surface area contributed by atoms with Gasteiger partial charge in [-0.2, -0.15) is 0 Å². The fraction of sp³-hybridized carbons (Fsp3) is 0.471. The Morgan fingerprint density at radius 3 is 2.45 bits per heavy atom. The van der Waals surface area contributed by atoms with Gasteiger partial charge in [-0.05, 0) is 36.6 Å². The molecule has 108 valence electrons. The molecule has 20 heavy (non-hydrogen) atoms. The summed E-state index contributed by atoms with van der Waals surface area (Å²) in [7, 11) is 3.56. The highest BCUT2D eigenvalue weighted by molar-refractivity contribution is 5.91. The minimum Gasteiger partial charge on any atom is -0.497 e. The molecule has 1 aliphatic rings. The quantitative estimate of drug-likeness (QED) is 0.786. The maximum atomic E-state index is 12.2. The number of carbonyl (C=O) groups is 1. The van der Waals surface area contributed by atoms with Gasteiger partial charge in [-0.3, -0.25) is 4.79 Å². The third kappa shape index (κ3) is 3.86. The van der Waals surface area contributed by atoms with E-state index in [0.717, 1.165) is 24.2 Å². The summed E-state index contributed by atoms with van der Waals surface area (Å²) in [4.78, 5) is 14.0. The summed E-state index contributed by atoms with van der Waals surface area (Å²) in [6, 6.07) is 8.10. The Morgan fingerprint density at radius 2 is 1.85 bits per heavy atom. The van der Waals surface area contributed by atoms with Gasteiger partial charge >= 0.3 is 0 Å². The minimum absolute atomic E-state index is 0.0905. The number of benzene rings is 1. The molecule has 1 saturated carbocycles. The highest BCUT2D eigenvalue weighted by atomic mass is 16.5. The molecule has 0 radical (unpaired) electrons. The van der Waals surface area contributed by atoms with E-state index in [9.17, 15) is 4.79 Å². The summed E-state index contributed by atoms with van der Waals surface area (Å²) in [5.41, 5.74) is 1.01. The molecule has 0 unspecified atom stereocenters. The van der Waals surface area contributed by atoms with Crippen LogP contribution in [0.1, 0.15) is 37.7 Å². The smallest absolute Gasteiger partial charge is 0.246 e. The van der Waals surface area contributed by atoms with Crippen LogP contribution in [-0.4, -0.2) is 31.0 Å². The number of likely N-dealkylation sites (N-methyl/N-ethyl adjacent to an activating group) is 1. The standard InChI is InChI=1S/C17H23NO2/c1-18(15-6-4-3-5-7-15)17(19)13-10-14-8-11-16(20-2)12-9-14/h8-13,15H,3-7H2,1-2H3/b13-10+. The van der Waals surface area contributed by atoms with Crippen LogP contribution in [0.4, 0.5) is 0 Å². The van der Waals surface area contributed by atoms with E-state index in [0.29, 0.717) is 6.04 Å². The zero-order valence-corrected chi connectivity index (χ0v) is 12.3. The van der Waals surface area contributed by atoms with Crippen LogP contribution in [0.15, 0.2) is 30.3 Å². The summed E-state index contributed by atoms with van der Waals surface area (Å²) in [5.74, 6) is 0.917. The van der Waals surface area contributed by atoms with E-state index in [1.807, 2.05) is 42.3 Å². The lowest BCUT2D eigenvalue weighted by Gasteiger charge is -2.30. The number of nitrogens with zero attached hydrogens (tertiary/aromatic N) is 1. The van der Waals surface area contributed by atoms with Crippen LogP contribution in [0.2, 0.25) is 0 Å². The number of amides is 1. The van der Waals surface area contributed by atoms with Crippen molar-refractivity contribution in [3.05, 3.63) is 35.9 Å². The van der Waals surface area contributed by atoms with Gasteiger partial charge in [0.1, 0.15) is 5.75 Å². The first-order valence-corrected chi connectivity index (χ1v) is 7.29. The van der Waals surface area contributed by atoms with Crippen molar-refractivity contribution < 1.29 is 9.53 Å². The van der Waals surface area contributed by atoms with Gasteiger partial charge in [-0.25, -0.2) is 0 Å². The minimum atomic E-state index is 0.0905. The number of methoxy groups -OCH3 is 1. The number of hydrogen-bond acceptors (Lipinski definition) is 2. The van der Waals surface area contributed by atoms with Crippen molar-refractivity contribution in [3.63, 3.8) is 0 Å². The normalized spacial score (nSPS) is 16.3. The summed E-state index contributed by atoms with van der Waals surface area (Å²) >= 11 is 0. The summed E-state index contributed by atoms with van der Waals surface area (Å²) in [5, 5.41) is 0. The molecule has 0 heterocycles. The summed E-state index contributed by atoms with van der Waals surface area (Å²) in [6.45, 7) is 0. The molecule has 1 aromatic carbocycles. The Morgan fingerprint density at radius 1 is 1.20 bits per heavy atom. The molecular formula is C17H23NO2. The maximum Gasteiger partial charge on any atom is 0.246 e. The molecule has 0 bridgehead atoms. The highest BCUT2D eigenvalue weighted by Crippen LogP contribution is 2.22. The van der Waals surface area contributed by atoms with Crippen LogP contribution in [-0.2, 0) is 4.79 Å². The summed E-state index contributed by atoms with van der Waals surface area (Å²) in [6.07, 6.45) is 9.59. The van der Waals surface area contributed by atoms with Gasteiger partial charge in [0.05, 0.1) is 7.11 Å². The molecule has 0 aliphatic heterocycles. The Balaban J connectivity index is 1.93. The molecule has 0 spiro atoms. The van der Waals surface area contributed by atoms with Crippen molar-refractivity contribution in [2.75, 3.05) is 14.2 Å². The highest BCUT2D eigenvalue weighted by Gasteiger charge is 2.20. The first-order chi connectivity index (χ1) is 9.70. The first-order valence-electron chi connectivity index (χ1n) is 7.29. The number of carbonyl (C=O) groups excluding carboxylic acids is 1. The largest absolute Gasteiger partial charge is 0.497 e. The number of ether oxygens (including phenoxy) is 1. The van der Waals surface area contributed by atoms with E-state index < -0.39 is 0 Å². The lowest BCUT2D eigenvalue weighted by molar-refractivity contribution is -0.127. The van der Waals surface area contributed by atoms with E-state index in [1.54, 1.807) is 13.2 Å². The number of rotatable bonds is 4. The number of hydrogen-bond donors (Lipinski definition) is 0. The first kappa shape index (κ1) is 14.6. The lowest BCUT2D eigenvalue weighted by Crippen LogP contribution is -2.37. The van der Waals surface area contributed by atoms with Gasteiger partial charge in [0, 0.05) is 19.2 Å². The van der Waals surface area contributed by atoms with Crippen molar-refractivity contribution in [1.29, 1.82) is 0 Å². The van der Waals surface area contributed by atoms with Crippen LogP contribution in [0.3, 0.4) is 0 Å². The lowest BCUT2D eigenvalue weighted by atomic mass is 9.94. The van der Waals surface area contributed by atoms with Crippen LogP contribution < -0.4 is 4.74 Å². The van der Waals surface area contributed by atoms with Crippen molar-refractivity contribution >= 4 is 12.0 Å². The third-order valence-electron chi connectivity index (χ3n) is 4.00. The fourth-order valence-corrected chi connectivity index (χ4v) is 2.65. The van der Waals surface area contributed by atoms with Crippen molar-refractivity contribution in [1.82, 2.24) is 4.90 Å². The Labute approximate surface area is 121 Å². The van der Waals surface area contributed by atoms with E-state index in [2.05, 4.69) is 0 Å². The zero-order valence-electron chi connectivity index (χ0n) is 12.3. The van der Waals surface area contributed by atoms with Crippen LogP contribution in [0, 0.1) is 0 Å². The molecule has 0 aromatic heterocycles. The van der Waals surface area contributed by atoms with Gasteiger partial charge in [0.2, 0.25) is 5.91 Å². The Bertz CT molecular complexity index is 458. The predicted octanol–water partition coefficient (Wildman–Crippen LogP) is 3.50. The van der Waals surface area contributed by atoms with Crippen molar-refractivity contribution in [2.24, 2.45) is 0 Å². The monoisotopic (exact) mass is 273 g/mol. The molecule has 1 fully saturated rings. The molecule has 0 saturated heterocycles. The molecule has 1 aliphatic carbocycles. The molecule has 3 nitrogen and oxygen atoms in total.